The van der Waals surface area contributed by atoms with Crippen LogP contribution in [0.2, 0.25) is 0 Å². The second-order valence-corrected chi connectivity index (χ2v) is 5.70. The number of halogens is 1. The maximum atomic E-state index is 6.17. The van der Waals surface area contributed by atoms with Gasteiger partial charge < -0.3 is 4.74 Å². The van der Waals surface area contributed by atoms with Crippen molar-refractivity contribution in [1.29, 1.82) is 0 Å². The van der Waals surface area contributed by atoms with E-state index in [-0.39, 0.29) is 5.60 Å². The van der Waals surface area contributed by atoms with Gasteiger partial charge >= 0.3 is 0 Å². The molecule has 2 unspecified atom stereocenters. The van der Waals surface area contributed by atoms with Crippen LogP contribution in [0.15, 0.2) is 30.3 Å². The largest absolute Gasteiger partial charge is 0.370 e. The van der Waals surface area contributed by atoms with Crippen LogP contribution in [0.1, 0.15) is 39.2 Å². The molecule has 0 amide bonds. The average Bonchev–Trinajstić information content (AvgIpc) is 2.37. The molecule has 0 bridgehead atoms. The zero-order chi connectivity index (χ0) is 12.7. The minimum Gasteiger partial charge on any atom is -0.370 e. The smallest absolute Gasteiger partial charge is 0.0992 e. The van der Waals surface area contributed by atoms with Gasteiger partial charge in [0.25, 0.3) is 0 Å². The molecule has 0 spiro atoms. The first-order valence-electron chi connectivity index (χ1n) is 6.38. The SMILES string of the molecule is CCCC(C)COC(C)(CI)c1ccccc1. The molecule has 1 aromatic rings. The average molecular weight is 346 g/mol. The lowest BCUT2D eigenvalue weighted by molar-refractivity contribution is -0.0325. The van der Waals surface area contributed by atoms with Gasteiger partial charge in [0.2, 0.25) is 0 Å². The van der Waals surface area contributed by atoms with Gasteiger partial charge in [-0.25, -0.2) is 0 Å². The highest BCUT2D eigenvalue weighted by molar-refractivity contribution is 14.1. The molecule has 0 radical (unpaired) electrons. The Morgan fingerprint density at radius 2 is 1.94 bits per heavy atom. The second-order valence-electron chi connectivity index (χ2n) is 4.94. The lowest BCUT2D eigenvalue weighted by Crippen LogP contribution is -2.29. The maximum Gasteiger partial charge on any atom is 0.0992 e. The van der Waals surface area contributed by atoms with E-state index < -0.39 is 0 Å². The zero-order valence-corrected chi connectivity index (χ0v) is 13.2. The van der Waals surface area contributed by atoms with Gasteiger partial charge in [0.15, 0.2) is 0 Å². The van der Waals surface area contributed by atoms with Gasteiger partial charge in [-0.05, 0) is 24.8 Å². The first-order valence-corrected chi connectivity index (χ1v) is 7.90. The molecule has 96 valence electrons. The van der Waals surface area contributed by atoms with Gasteiger partial charge in [0.05, 0.1) is 12.2 Å². The molecule has 1 nitrogen and oxygen atoms in total. The Kier molecular flexibility index (Phi) is 6.49. The van der Waals surface area contributed by atoms with Crippen LogP contribution in [-0.2, 0) is 10.3 Å². The molecule has 0 saturated heterocycles. The second kappa shape index (κ2) is 7.37. The van der Waals surface area contributed by atoms with E-state index in [0.717, 1.165) is 11.0 Å². The van der Waals surface area contributed by atoms with Gasteiger partial charge in [0, 0.05) is 4.43 Å². The highest BCUT2D eigenvalue weighted by Crippen LogP contribution is 2.28. The third-order valence-corrected chi connectivity index (χ3v) is 4.56. The number of hydrogen-bond donors (Lipinski definition) is 0. The van der Waals surface area contributed by atoms with Crippen LogP contribution in [0.3, 0.4) is 0 Å². The molecule has 1 rings (SSSR count). The third-order valence-electron chi connectivity index (χ3n) is 3.11. The van der Waals surface area contributed by atoms with Gasteiger partial charge in [-0.1, -0.05) is 73.2 Å². The van der Waals surface area contributed by atoms with E-state index in [9.17, 15) is 0 Å². The molecular formula is C15H23IO. The fourth-order valence-electron chi connectivity index (χ4n) is 1.89. The summed E-state index contributed by atoms with van der Waals surface area (Å²) in [5.41, 5.74) is 1.13. The van der Waals surface area contributed by atoms with Crippen molar-refractivity contribution < 1.29 is 4.74 Å². The fraction of sp³-hybridized carbons (Fsp3) is 0.600. The van der Waals surface area contributed by atoms with E-state index in [2.05, 4.69) is 73.7 Å². The summed E-state index contributed by atoms with van der Waals surface area (Å²) in [5.74, 6) is 0.644. The Morgan fingerprint density at radius 3 is 2.47 bits per heavy atom. The van der Waals surface area contributed by atoms with Crippen LogP contribution in [0.4, 0.5) is 0 Å². The predicted molar refractivity (Wildman–Crippen MR) is 82.7 cm³/mol. The van der Waals surface area contributed by atoms with Gasteiger partial charge in [-0.2, -0.15) is 0 Å². The summed E-state index contributed by atoms with van der Waals surface area (Å²) in [4.78, 5) is 0. The van der Waals surface area contributed by atoms with Crippen molar-refractivity contribution in [3.05, 3.63) is 35.9 Å². The molecule has 0 saturated carbocycles. The molecule has 17 heavy (non-hydrogen) atoms. The Labute approximate surface area is 119 Å². The summed E-state index contributed by atoms with van der Waals surface area (Å²) < 4.78 is 7.15. The minimum atomic E-state index is -0.149. The van der Waals surface area contributed by atoms with Crippen LogP contribution in [-0.4, -0.2) is 11.0 Å². The number of benzene rings is 1. The first-order chi connectivity index (χ1) is 8.12. The van der Waals surface area contributed by atoms with Crippen molar-refractivity contribution in [3.63, 3.8) is 0 Å². The molecule has 0 aliphatic carbocycles. The molecule has 0 fully saturated rings. The lowest BCUT2D eigenvalue weighted by atomic mass is 9.97. The molecule has 2 heteroatoms. The van der Waals surface area contributed by atoms with Crippen LogP contribution >= 0.6 is 22.6 Å². The van der Waals surface area contributed by atoms with Crippen molar-refractivity contribution in [1.82, 2.24) is 0 Å². The first kappa shape index (κ1) is 15.0. The summed E-state index contributed by atoms with van der Waals surface area (Å²) in [7, 11) is 0. The molecule has 0 heterocycles. The Morgan fingerprint density at radius 1 is 1.29 bits per heavy atom. The third kappa shape index (κ3) is 4.59. The zero-order valence-electron chi connectivity index (χ0n) is 11.1. The number of rotatable bonds is 7. The Balaban J connectivity index is 2.63. The van der Waals surface area contributed by atoms with Crippen LogP contribution in [0.5, 0.6) is 0 Å². The molecule has 0 aromatic heterocycles. The standard InChI is InChI=1S/C15H23IO/c1-4-8-13(2)11-17-15(3,12-16)14-9-6-5-7-10-14/h5-7,9-10,13H,4,8,11-12H2,1-3H3. The van der Waals surface area contributed by atoms with Gasteiger partial charge in [-0.15, -0.1) is 0 Å². The molecule has 0 aliphatic heterocycles. The quantitative estimate of drug-likeness (QED) is 0.510. The van der Waals surface area contributed by atoms with Gasteiger partial charge in [-0.3, -0.25) is 0 Å². The normalized spacial score (nSPS) is 16.5. The Bertz CT molecular complexity index is 312. The van der Waals surface area contributed by atoms with E-state index in [1.54, 1.807) is 0 Å². The number of alkyl halides is 1. The maximum absolute atomic E-state index is 6.17. The lowest BCUT2D eigenvalue weighted by Gasteiger charge is -2.30. The van der Waals surface area contributed by atoms with Crippen molar-refractivity contribution in [3.8, 4) is 0 Å². The van der Waals surface area contributed by atoms with E-state index in [1.165, 1.54) is 18.4 Å². The molecule has 2 atom stereocenters. The van der Waals surface area contributed by atoms with Crippen molar-refractivity contribution in [2.24, 2.45) is 5.92 Å². The summed E-state index contributed by atoms with van der Waals surface area (Å²) in [6.45, 7) is 7.53. The van der Waals surface area contributed by atoms with Crippen molar-refractivity contribution in [2.75, 3.05) is 11.0 Å². The summed E-state index contributed by atoms with van der Waals surface area (Å²) in [5, 5.41) is 0. The Hall–Kier alpha value is -0.0900. The van der Waals surface area contributed by atoms with E-state index in [1.807, 2.05) is 0 Å². The van der Waals surface area contributed by atoms with Crippen molar-refractivity contribution in [2.45, 2.75) is 39.2 Å². The molecular weight excluding hydrogens is 323 g/mol. The van der Waals surface area contributed by atoms with E-state index >= 15 is 0 Å². The van der Waals surface area contributed by atoms with E-state index in [4.69, 9.17) is 4.74 Å². The minimum absolute atomic E-state index is 0.149. The summed E-state index contributed by atoms with van der Waals surface area (Å²) in [6, 6.07) is 10.5. The monoisotopic (exact) mass is 346 g/mol. The highest BCUT2D eigenvalue weighted by atomic mass is 127. The topological polar surface area (TPSA) is 9.23 Å². The molecule has 1 aromatic carbocycles. The predicted octanol–water partition coefficient (Wildman–Crippen LogP) is 4.79. The van der Waals surface area contributed by atoms with Crippen LogP contribution < -0.4 is 0 Å². The number of hydrogen-bond acceptors (Lipinski definition) is 1. The highest BCUT2D eigenvalue weighted by Gasteiger charge is 2.26. The van der Waals surface area contributed by atoms with E-state index in [0.29, 0.717) is 5.92 Å². The van der Waals surface area contributed by atoms with Crippen LogP contribution in [0, 0.1) is 5.92 Å². The number of ether oxygens (including phenoxy) is 1. The summed E-state index contributed by atoms with van der Waals surface area (Å²) >= 11 is 2.41. The van der Waals surface area contributed by atoms with Gasteiger partial charge in [0.1, 0.15) is 0 Å². The van der Waals surface area contributed by atoms with Crippen LogP contribution in [0.25, 0.3) is 0 Å². The molecule has 0 aliphatic rings. The fourth-order valence-corrected chi connectivity index (χ4v) is 2.55. The van der Waals surface area contributed by atoms with Crippen molar-refractivity contribution >= 4 is 22.6 Å². The molecule has 0 N–H and O–H groups in total. The summed E-state index contributed by atoms with van der Waals surface area (Å²) in [6.07, 6.45) is 2.48.